The number of carbonyl (C=O) groups excluding carboxylic acids is 1. The lowest BCUT2D eigenvalue weighted by atomic mass is 10.1. The largest absolute Gasteiger partial charge is 0.367 e. The minimum atomic E-state index is -0.0287. The number of carbonyl (C=O) groups is 1. The van der Waals surface area contributed by atoms with Gasteiger partial charge in [-0.2, -0.15) is 0 Å². The van der Waals surface area contributed by atoms with Crippen molar-refractivity contribution in [1.29, 1.82) is 0 Å². The Kier molecular flexibility index (Phi) is 2.69. The van der Waals surface area contributed by atoms with E-state index < -0.39 is 0 Å². The fourth-order valence-corrected chi connectivity index (χ4v) is 2.46. The molecule has 8 heteroatoms. The Morgan fingerprint density at radius 1 is 1.53 bits per heavy atom. The number of hydrogen-bond donors (Lipinski definition) is 1. The summed E-state index contributed by atoms with van der Waals surface area (Å²) in [5, 5.41) is 10.7. The van der Waals surface area contributed by atoms with Crippen LogP contribution in [0.2, 0.25) is 0 Å². The van der Waals surface area contributed by atoms with E-state index in [2.05, 4.69) is 20.1 Å². The molecule has 3 rings (SSSR count). The first kappa shape index (κ1) is 11.7. The molecule has 0 aliphatic carbocycles. The van der Waals surface area contributed by atoms with Gasteiger partial charge < -0.3 is 15.2 Å². The summed E-state index contributed by atoms with van der Waals surface area (Å²) >= 11 is 0. The van der Waals surface area contributed by atoms with Gasteiger partial charge in [-0.3, -0.25) is 4.79 Å². The Labute approximate surface area is 109 Å². The topological polar surface area (TPSA) is 94.9 Å². The third-order valence-electron chi connectivity index (χ3n) is 3.51. The highest BCUT2D eigenvalue weighted by molar-refractivity contribution is 5.76. The number of nitrogens with two attached hydrogens (primary N) is 1. The van der Waals surface area contributed by atoms with Crippen LogP contribution in [0.5, 0.6) is 0 Å². The average Bonchev–Trinajstić information content (AvgIpc) is 3.00. The smallest absolute Gasteiger partial charge is 0.245 e. The Hall–Kier alpha value is -2.38. The lowest BCUT2D eigenvalue weighted by Crippen LogP contribution is -2.42. The number of nitrogens with zero attached hydrogens (tertiary/aromatic N) is 6. The highest BCUT2D eigenvalue weighted by Gasteiger charge is 2.27. The lowest BCUT2D eigenvalue weighted by Gasteiger charge is -2.34. The van der Waals surface area contributed by atoms with Crippen molar-refractivity contribution in [3.63, 3.8) is 0 Å². The van der Waals surface area contributed by atoms with Gasteiger partial charge >= 0.3 is 0 Å². The first-order valence-electron chi connectivity index (χ1n) is 6.13. The van der Waals surface area contributed by atoms with Crippen LogP contribution in [-0.2, 0) is 17.9 Å². The predicted molar refractivity (Wildman–Crippen MR) is 66.8 cm³/mol. The first-order valence-corrected chi connectivity index (χ1v) is 6.13. The molecule has 0 saturated heterocycles. The lowest BCUT2D eigenvalue weighted by molar-refractivity contribution is -0.135. The molecule has 1 aliphatic rings. The highest BCUT2D eigenvalue weighted by Crippen LogP contribution is 2.25. The molecule has 0 aromatic carbocycles. The summed E-state index contributed by atoms with van der Waals surface area (Å²) < 4.78 is 3.47. The molecule has 100 valence electrons. The second-order valence-electron chi connectivity index (χ2n) is 4.58. The quantitative estimate of drug-likeness (QED) is 0.798. The van der Waals surface area contributed by atoms with E-state index in [1.165, 1.54) is 4.68 Å². The molecule has 0 radical (unpaired) electrons. The number of aromatic nitrogens is 5. The zero-order valence-electron chi connectivity index (χ0n) is 10.6. The van der Waals surface area contributed by atoms with Crippen LogP contribution in [0.4, 0.5) is 5.95 Å². The molecule has 2 aromatic rings. The van der Waals surface area contributed by atoms with Gasteiger partial charge in [0.15, 0.2) is 0 Å². The summed E-state index contributed by atoms with van der Waals surface area (Å²) in [4.78, 5) is 14.1. The molecule has 0 saturated carbocycles. The Bertz CT molecular complexity index is 602. The number of nitrogen functional groups attached to an aromatic ring is 1. The molecule has 0 spiro atoms. The van der Waals surface area contributed by atoms with E-state index in [9.17, 15) is 4.79 Å². The molecule has 1 unspecified atom stereocenters. The van der Waals surface area contributed by atoms with Crippen LogP contribution in [0.15, 0.2) is 18.3 Å². The van der Waals surface area contributed by atoms with Crippen molar-refractivity contribution in [1.82, 2.24) is 29.7 Å². The third-order valence-corrected chi connectivity index (χ3v) is 3.51. The maximum Gasteiger partial charge on any atom is 0.245 e. The molecule has 0 bridgehead atoms. The predicted octanol–water partition coefficient (Wildman–Crippen LogP) is -0.340. The molecule has 19 heavy (non-hydrogen) atoms. The molecule has 0 fully saturated rings. The van der Waals surface area contributed by atoms with E-state index in [1.807, 2.05) is 30.2 Å². The Balaban J connectivity index is 1.77. The summed E-state index contributed by atoms with van der Waals surface area (Å²) in [6, 6.07) is 4.09. The van der Waals surface area contributed by atoms with Crippen molar-refractivity contribution in [3.05, 3.63) is 24.0 Å². The van der Waals surface area contributed by atoms with E-state index in [-0.39, 0.29) is 24.4 Å². The van der Waals surface area contributed by atoms with Crippen molar-refractivity contribution >= 4 is 11.9 Å². The van der Waals surface area contributed by atoms with E-state index in [1.54, 1.807) is 0 Å². The fourth-order valence-electron chi connectivity index (χ4n) is 2.46. The van der Waals surface area contributed by atoms with Gasteiger partial charge in [0.1, 0.15) is 6.54 Å². The van der Waals surface area contributed by atoms with Crippen LogP contribution < -0.4 is 5.73 Å². The van der Waals surface area contributed by atoms with Gasteiger partial charge in [-0.1, -0.05) is 5.10 Å². The first-order chi connectivity index (χ1) is 9.16. The van der Waals surface area contributed by atoms with Crippen molar-refractivity contribution in [2.75, 3.05) is 12.3 Å². The average molecular weight is 261 g/mol. The van der Waals surface area contributed by atoms with E-state index >= 15 is 0 Å². The zero-order chi connectivity index (χ0) is 13.4. The second-order valence-corrected chi connectivity index (χ2v) is 4.58. The van der Waals surface area contributed by atoms with Gasteiger partial charge in [0.05, 0.1) is 6.04 Å². The minimum Gasteiger partial charge on any atom is -0.367 e. The molecule has 1 amide bonds. The molecule has 1 atom stereocenters. The van der Waals surface area contributed by atoms with Crippen LogP contribution in [-0.4, -0.2) is 42.1 Å². The number of hydrogen-bond acceptors (Lipinski definition) is 5. The molecule has 1 aliphatic heterocycles. The summed E-state index contributed by atoms with van der Waals surface area (Å²) in [7, 11) is 0. The van der Waals surface area contributed by atoms with Gasteiger partial charge in [-0.25, -0.2) is 4.68 Å². The number of fused-ring (bicyclic) bond motifs is 1. The maximum absolute atomic E-state index is 12.3. The van der Waals surface area contributed by atoms with Crippen LogP contribution in [0.3, 0.4) is 0 Å². The zero-order valence-corrected chi connectivity index (χ0v) is 10.6. The Morgan fingerprint density at radius 2 is 2.37 bits per heavy atom. The number of tetrazole rings is 1. The number of anilines is 1. The van der Waals surface area contributed by atoms with Gasteiger partial charge in [0, 0.05) is 25.0 Å². The summed E-state index contributed by atoms with van der Waals surface area (Å²) in [6.07, 6.45) is 2.03. The molecule has 3 heterocycles. The van der Waals surface area contributed by atoms with Crippen LogP contribution in [0.25, 0.3) is 0 Å². The highest BCUT2D eigenvalue weighted by atomic mass is 16.2. The van der Waals surface area contributed by atoms with Gasteiger partial charge in [-0.15, -0.1) is 0 Å². The number of amides is 1. The second kappa shape index (κ2) is 4.38. The SMILES string of the molecule is CC1c2cccn2CCN1C(=O)Cn1nnnc1N. The normalized spacial score (nSPS) is 18.4. The van der Waals surface area contributed by atoms with Crippen LogP contribution >= 0.6 is 0 Å². The maximum atomic E-state index is 12.3. The molecular formula is C11H15N7O. The van der Waals surface area contributed by atoms with E-state index in [0.29, 0.717) is 6.54 Å². The van der Waals surface area contributed by atoms with Gasteiger partial charge in [0.25, 0.3) is 0 Å². The van der Waals surface area contributed by atoms with Gasteiger partial charge in [0.2, 0.25) is 11.9 Å². The minimum absolute atomic E-state index is 0.0287. The Morgan fingerprint density at radius 3 is 3.11 bits per heavy atom. The van der Waals surface area contributed by atoms with Crippen molar-refractivity contribution in [2.45, 2.75) is 26.1 Å². The van der Waals surface area contributed by atoms with Crippen molar-refractivity contribution in [3.8, 4) is 0 Å². The van der Waals surface area contributed by atoms with Gasteiger partial charge in [-0.05, 0) is 29.5 Å². The monoisotopic (exact) mass is 261 g/mol. The summed E-state index contributed by atoms with van der Waals surface area (Å²) in [5.74, 6) is 0.125. The molecular weight excluding hydrogens is 246 g/mol. The fraction of sp³-hybridized carbons (Fsp3) is 0.455. The standard InChI is InChI=1S/C11H15N7O/c1-8-9-3-2-4-16(9)5-6-17(8)10(19)7-18-11(12)13-14-15-18/h2-4,8H,5-7H2,1H3,(H2,12,13,15). The molecule has 8 nitrogen and oxygen atoms in total. The van der Waals surface area contributed by atoms with Crippen LogP contribution in [0.1, 0.15) is 18.7 Å². The molecule has 2 aromatic heterocycles. The molecule has 2 N–H and O–H groups in total. The van der Waals surface area contributed by atoms with Crippen molar-refractivity contribution in [2.24, 2.45) is 0 Å². The third kappa shape index (κ3) is 1.94. The van der Waals surface area contributed by atoms with E-state index in [0.717, 1.165) is 12.2 Å². The van der Waals surface area contributed by atoms with Crippen LogP contribution in [0, 0.1) is 0 Å². The van der Waals surface area contributed by atoms with Crippen molar-refractivity contribution < 1.29 is 4.79 Å². The van der Waals surface area contributed by atoms with E-state index in [4.69, 9.17) is 5.73 Å². The summed E-state index contributed by atoms with van der Waals surface area (Å²) in [5.41, 5.74) is 6.71. The number of rotatable bonds is 2. The summed E-state index contributed by atoms with van der Waals surface area (Å²) in [6.45, 7) is 3.59.